The lowest BCUT2D eigenvalue weighted by atomic mass is 9.91. The summed E-state index contributed by atoms with van der Waals surface area (Å²) in [5, 5.41) is 6.56. The minimum atomic E-state index is -0.0193. The molecule has 410 valence electrons. The van der Waals surface area contributed by atoms with Crippen molar-refractivity contribution in [3.63, 3.8) is 0 Å². The van der Waals surface area contributed by atoms with Crippen LogP contribution < -0.4 is 15.4 Å². The molecule has 5 aromatic heterocycles. The van der Waals surface area contributed by atoms with Gasteiger partial charge in [0.2, 0.25) is 5.88 Å². The van der Waals surface area contributed by atoms with E-state index in [1.54, 1.807) is 31.8 Å². The lowest BCUT2D eigenvalue weighted by molar-refractivity contribution is 0.388. The van der Waals surface area contributed by atoms with Gasteiger partial charge >= 0.3 is 0 Å². The Kier molecular flexibility index (Phi) is 26.9. The molecule has 0 saturated carbocycles. The molecule has 74 heavy (non-hydrogen) atoms. The fourth-order valence-electron chi connectivity index (χ4n) is 6.29. The fraction of sp³-hybridized carbons (Fsp3) is 0.597. The molecule has 0 aromatic carbocycles. The smallest absolute Gasteiger partial charge is 0.216 e. The van der Waals surface area contributed by atoms with Gasteiger partial charge in [0.25, 0.3) is 0 Å². The van der Waals surface area contributed by atoms with E-state index in [0.717, 1.165) is 61.5 Å². The maximum atomic E-state index is 5.00. The minimum absolute atomic E-state index is 0.0193. The molecule has 2 N–H and O–H groups in total. The molecule has 5 aromatic rings. The second-order valence-corrected chi connectivity index (χ2v) is 25.7. The molecular weight excluding hydrogens is 915 g/mol. The Morgan fingerprint density at radius 2 is 0.932 bits per heavy atom. The van der Waals surface area contributed by atoms with Crippen LogP contribution in [0.4, 0.5) is 0 Å². The van der Waals surface area contributed by atoms with Crippen molar-refractivity contribution in [3.05, 3.63) is 132 Å². The number of nitrogens with zero attached hydrogens (tertiary/aromatic N) is 9. The largest absolute Gasteiger partial charge is 0.481 e. The number of rotatable bonds is 2. The molecule has 7 heterocycles. The van der Waals surface area contributed by atoms with Gasteiger partial charge in [-0.2, -0.15) is 4.98 Å². The van der Waals surface area contributed by atoms with Gasteiger partial charge in [-0.15, -0.1) is 0 Å². The molecule has 0 fully saturated rings. The summed E-state index contributed by atoms with van der Waals surface area (Å²) in [4.78, 5) is 38.5. The van der Waals surface area contributed by atoms with E-state index >= 15 is 0 Å². The van der Waals surface area contributed by atoms with E-state index in [4.69, 9.17) is 4.74 Å². The van der Waals surface area contributed by atoms with E-state index in [-0.39, 0.29) is 37.9 Å². The van der Waals surface area contributed by atoms with Crippen molar-refractivity contribution in [3.8, 4) is 5.88 Å². The van der Waals surface area contributed by atoms with Gasteiger partial charge in [-0.1, -0.05) is 164 Å². The van der Waals surface area contributed by atoms with Crippen molar-refractivity contribution in [1.82, 2.24) is 45.5 Å². The molecule has 0 saturated heterocycles. The van der Waals surface area contributed by atoms with Crippen molar-refractivity contribution < 1.29 is 4.74 Å². The van der Waals surface area contributed by atoms with Crippen molar-refractivity contribution in [2.24, 2.45) is 20.8 Å². The van der Waals surface area contributed by atoms with Gasteiger partial charge in [0, 0.05) is 117 Å². The Morgan fingerprint density at radius 3 is 1.30 bits per heavy atom. The zero-order valence-corrected chi connectivity index (χ0v) is 50.8. The monoisotopic (exact) mass is 1020 g/mol. The lowest BCUT2D eigenvalue weighted by Crippen LogP contribution is -2.38. The van der Waals surface area contributed by atoms with Gasteiger partial charge in [-0.05, 0) is 67.8 Å². The quantitative estimate of drug-likeness (QED) is 0.175. The van der Waals surface area contributed by atoms with E-state index in [9.17, 15) is 0 Å². The van der Waals surface area contributed by atoms with Crippen LogP contribution in [0, 0.1) is 17.8 Å². The number of amidine groups is 2. The zero-order valence-electron chi connectivity index (χ0n) is 50.8. The zero-order chi connectivity index (χ0) is 56.6. The average Bonchev–Trinajstić information content (AvgIpc) is 3.89. The first kappa shape index (κ1) is 66.4. The van der Waals surface area contributed by atoms with Gasteiger partial charge in [-0.3, -0.25) is 24.9 Å². The second kappa shape index (κ2) is 30.0. The summed E-state index contributed by atoms with van der Waals surface area (Å²) in [6.07, 6.45) is 11.2. The predicted molar refractivity (Wildman–Crippen MR) is 315 cm³/mol. The number of aromatic nitrogens is 7. The first-order chi connectivity index (χ1) is 34.0. The Morgan fingerprint density at radius 1 is 0.446 bits per heavy atom. The van der Waals surface area contributed by atoms with Gasteiger partial charge < -0.3 is 15.4 Å². The maximum absolute atomic E-state index is 5.00. The Bertz CT molecular complexity index is 2280. The van der Waals surface area contributed by atoms with Gasteiger partial charge in [0.05, 0.1) is 13.7 Å². The van der Waals surface area contributed by atoms with Crippen molar-refractivity contribution >= 4 is 11.7 Å². The number of methoxy groups -OCH3 is 1. The third-order valence-corrected chi connectivity index (χ3v) is 10.8. The molecule has 0 amide bonds. The van der Waals surface area contributed by atoms with Crippen LogP contribution >= 0.6 is 0 Å². The van der Waals surface area contributed by atoms with Crippen LogP contribution in [0.2, 0.25) is 0 Å². The van der Waals surface area contributed by atoms with Crippen molar-refractivity contribution in [2.45, 2.75) is 199 Å². The highest BCUT2D eigenvalue weighted by Gasteiger charge is 2.22. The van der Waals surface area contributed by atoms with E-state index in [1.165, 1.54) is 29.2 Å². The van der Waals surface area contributed by atoms with E-state index in [2.05, 4.69) is 245 Å². The molecule has 0 aliphatic carbocycles. The van der Waals surface area contributed by atoms with Crippen LogP contribution in [0.1, 0.15) is 199 Å². The molecule has 2 aliphatic rings. The molecule has 0 unspecified atom stereocenters. The third kappa shape index (κ3) is 27.6. The second-order valence-electron chi connectivity index (χ2n) is 25.7. The van der Waals surface area contributed by atoms with Crippen molar-refractivity contribution in [2.75, 3.05) is 33.3 Å². The van der Waals surface area contributed by atoms with E-state index in [0.29, 0.717) is 5.88 Å². The molecule has 0 spiro atoms. The average molecular weight is 1020 g/mol. The molecule has 2 aliphatic heterocycles. The number of hydrogen-bond acceptors (Lipinski definition) is 12. The molecule has 0 bridgehead atoms. The molecule has 12 nitrogen and oxygen atoms in total. The Balaban J connectivity index is 0.000000432. The lowest BCUT2D eigenvalue weighted by Gasteiger charge is -2.25. The SMILES string of the molecule is CC(C)(C)C1=NCCCN1.CC(C)(C)C1=NCCN1.CC(C)(C)c1ccccn1.CC(C)(C)c1ncccn1.CCc1cccc(C(C)(C)C)n1.COc1ccnc(C(C)(C)C)n1.Cc1ccnc(C(C)(C)C)c1. The molecular formula is C62H101N11O. The number of hydrogen-bond donors (Lipinski definition) is 2. The van der Waals surface area contributed by atoms with Crippen LogP contribution in [0.3, 0.4) is 0 Å². The van der Waals surface area contributed by atoms with Crippen LogP contribution in [0.15, 0.2) is 102 Å². The van der Waals surface area contributed by atoms with Gasteiger partial charge in [0.15, 0.2) is 0 Å². The van der Waals surface area contributed by atoms with Crippen LogP contribution in [-0.2, 0) is 33.5 Å². The van der Waals surface area contributed by atoms with Crippen LogP contribution in [0.5, 0.6) is 5.88 Å². The third-order valence-electron chi connectivity index (χ3n) is 10.8. The highest BCUT2D eigenvalue weighted by molar-refractivity contribution is 5.88. The minimum Gasteiger partial charge on any atom is -0.481 e. The summed E-state index contributed by atoms with van der Waals surface area (Å²) in [5.41, 5.74) is 6.97. The van der Waals surface area contributed by atoms with Crippen molar-refractivity contribution in [1.29, 1.82) is 0 Å². The van der Waals surface area contributed by atoms with E-state index < -0.39 is 0 Å². The number of aliphatic imine (C=N–C) groups is 2. The molecule has 0 radical (unpaired) electrons. The summed E-state index contributed by atoms with van der Waals surface area (Å²) in [6.45, 7) is 53.5. The van der Waals surface area contributed by atoms with Crippen LogP contribution in [-0.4, -0.2) is 79.8 Å². The predicted octanol–water partition coefficient (Wildman–Crippen LogP) is 14.0. The topological polar surface area (TPSA) is 148 Å². The summed E-state index contributed by atoms with van der Waals surface area (Å²) < 4.78 is 5.00. The highest BCUT2D eigenvalue weighted by Crippen LogP contribution is 2.23. The Labute approximate surface area is 450 Å². The highest BCUT2D eigenvalue weighted by atomic mass is 16.5. The first-order valence-corrected chi connectivity index (χ1v) is 26.5. The standard InChI is InChI=1S/C11H17N.C10H15N.C9H14N2O.C9H13N.C8H16N2.C8H12N2.C7H14N2/c1-5-9-7-6-8-10(12-9)11(2,3)4;1-8-5-6-11-9(7-8)10(2,3)4;1-9(2,3)8-10-6-5-7(11-8)12-4;1-9(2,3)8-6-4-5-7-10-8;2*1-8(2,3)7-9-5-4-6-10-7;1-7(2,3)6-8-4-5-9-6/h6-8H,5H2,1-4H3;5-7H,1-4H3;5-6H,1-4H3;4-7H,1-3H3;4-6H2,1-3H3,(H,9,10);4-6H,1-3H3;4-5H2,1-3H3,(H,8,9). The molecule has 7 rings (SSSR count). The number of ether oxygens (including phenoxy) is 1. The molecule has 12 heteroatoms. The first-order valence-electron chi connectivity index (χ1n) is 26.5. The number of pyridine rings is 3. The fourth-order valence-corrected chi connectivity index (χ4v) is 6.29. The normalized spacial score (nSPS) is 13.6. The van der Waals surface area contributed by atoms with E-state index in [1.807, 2.05) is 36.7 Å². The molecule has 0 atom stereocenters. The van der Waals surface area contributed by atoms with Gasteiger partial charge in [-0.25, -0.2) is 15.0 Å². The maximum Gasteiger partial charge on any atom is 0.216 e. The summed E-state index contributed by atoms with van der Waals surface area (Å²) in [5.74, 6) is 4.65. The summed E-state index contributed by atoms with van der Waals surface area (Å²) in [6, 6.07) is 20.0. The number of aryl methyl sites for hydroxylation is 2. The van der Waals surface area contributed by atoms with Crippen LogP contribution in [0.25, 0.3) is 0 Å². The summed E-state index contributed by atoms with van der Waals surface area (Å²) >= 11 is 0. The summed E-state index contributed by atoms with van der Waals surface area (Å²) in [7, 11) is 1.61. The van der Waals surface area contributed by atoms with Gasteiger partial charge in [0.1, 0.15) is 23.3 Å². The number of nitrogens with one attached hydrogen (secondary N) is 2. The Hall–Kier alpha value is -5.65.